The third-order valence-corrected chi connectivity index (χ3v) is 5.81. The number of rotatable bonds is 6. The number of hydrogen-bond acceptors (Lipinski definition) is 4. The lowest BCUT2D eigenvalue weighted by molar-refractivity contribution is 0.0957. The monoisotopic (exact) mass is 365 g/mol. The minimum absolute atomic E-state index is 0.0542. The second kappa shape index (κ2) is 9.75. The molecule has 2 rings (SSSR count). The van der Waals surface area contributed by atoms with Gasteiger partial charge < -0.3 is 15.5 Å². The summed E-state index contributed by atoms with van der Waals surface area (Å²) in [5.74, 6) is 2.47. The topological polar surface area (TPSA) is 69.6 Å². The van der Waals surface area contributed by atoms with Crippen LogP contribution in [0.2, 0.25) is 0 Å². The molecule has 1 amide bonds. The number of nitrogens with zero attached hydrogens (tertiary/aromatic N) is 3. The molecule has 0 unspecified atom stereocenters. The Kier molecular flexibility index (Phi) is 7.68. The third-order valence-electron chi connectivity index (χ3n) is 4.89. The zero-order valence-corrected chi connectivity index (χ0v) is 16.7. The van der Waals surface area contributed by atoms with Gasteiger partial charge in [0, 0.05) is 33.7 Å². The second-order valence-corrected chi connectivity index (χ2v) is 7.86. The van der Waals surface area contributed by atoms with Gasteiger partial charge in [-0.25, -0.2) is 4.98 Å². The predicted molar refractivity (Wildman–Crippen MR) is 104 cm³/mol. The van der Waals surface area contributed by atoms with Crippen molar-refractivity contribution in [2.45, 2.75) is 39.5 Å². The molecule has 1 saturated carbocycles. The fourth-order valence-corrected chi connectivity index (χ4v) is 4.04. The van der Waals surface area contributed by atoms with Crippen molar-refractivity contribution in [3.63, 3.8) is 0 Å². The first-order valence-corrected chi connectivity index (χ1v) is 9.99. The lowest BCUT2D eigenvalue weighted by Crippen LogP contribution is -2.44. The molecule has 1 heterocycles. The predicted octanol–water partition coefficient (Wildman–Crippen LogP) is 2.51. The number of amides is 1. The fourth-order valence-electron chi connectivity index (χ4n) is 3.32. The number of hydrogen-bond donors (Lipinski definition) is 2. The molecule has 140 valence electrons. The lowest BCUT2D eigenvalue weighted by atomic mass is 9.83. The molecule has 0 aliphatic heterocycles. The van der Waals surface area contributed by atoms with Gasteiger partial charge in [-0.05, 0) is 31.6 Å². The van der Waals surface area contributed by atoms with Crippen molar-refractivity contribution in [1.82, 2.24) is 20.5 Å². The Bertz CT molecular complexity index is 578. The van der Waals surface area contributed by atoms with Crippen molar-refractivity contribution < 1.29 is 4.79 Å². The van der Waals surface area contributed by atoms with E-state index in [9.17, 15) is 4.79 Å². The fraction of sp³-hybridized carbons (Fsp3) is 0.722. The van der Waals surface area contributed by atoms with Gasteiger partial charge in [-0.2, -0.15) is 0 Å². The van der Waals surface area contributed by atoms with Crippen LogP contribution in [-0.4, -0.2) is 55.5 Å². The summed E-state index contributed by atoms with van der Waals surface area (Å²) in [4.78, 5) is 23.4. The van der Waals surface area contributed by atoms with Gasteiger partial charge in [0.05, 0.1) is 11.2 Å². The average molecular weight is 366 g/mol. The molecule has 0 aromatic carbocycles. The highest BCUT2D eigenvalue weighted by Gasteiger charge is 2.20. The maximum Gasteiger partial charge on any atom is 0.263 e. The summed E-state index contributed by atoms with van der Waals surface area (Å²) < 4.78 is 0. The Hall–Kier alpha value is -1.63. The van der Waals surface area contributed by atoms with Gasteiger partial charge in [0.1, 0.15) is 4.88 Å². The number of aromatic nitrogens is 1. The van der Waals surface area contributed by atoms with Gasteiger partial charge in [0.15, 0.2) is 5.96 Å². The van der Waals surface area contributed by atoms with Crippen LogP contribution in [0.4, 0.5) is 0 Å². The average Bonchev–Trinajstić information content (AvgIpc) is 3.03. The molecule has 1 aromatic heterocycles. The summed E-state index contributed by atoms with van der Waals surface area (Å²) in [5.41, 5.74) is 2.48. The van der Waals surface area contributed by atoms with Crippen LogP contribution in [0.5, 0.6) is 0 Å². The van der Waals surface area contributed by atoms with Crippen LogP contribution in [0.25, 0.3) is 0 Å². The Morgan fingerprint density at radius 2 is 2.00 bits per heavy atom. The first-order chi connectivity index (χ1) is 12.0. The summed E-state index contributed by atoms with van der Waals surface area (Å²) in [6.45, 7) is 6.46. The minimum atomic E-state index is -0.0542. The van der Waals surface area contributed by atoms with Crippen LogP contribution in [0.15, 0.2) is 10.5 Å². The van der Waals surface area contributed by atoms with Crippen LogP contribution < -0.4 is 10.6 Å². The van der Waals surface area contributed by atoms with Gasteiger partial charge in [0.25, 0.3) is 5.91 Å². The first kappa shape index (κ1) is 19.7. The van der Waals surface area contributed by atoms with Gasteiger partial charge >= 0.3 is 0 Å². The normalized spacial score (nSPS) is 21.0. The van der Waals surface area contributed by atoms with E-state index < -0.39 is 0 Å². The molecule has 2 N–H and O–H groups in total. The lowest BCUT2D eigenvalue weighted by Gasteiger charge is -2.31. The molecule has 7 heteroatoms. The van der Waals surface area contributed by atoms with Crippen molar-refractivity contribution in [1.29, 1.82) is 0 Å². The van der Waals surface area contributed by atoms with Crippen LogP contribution in [0, 0.1) is 18.8 Å². The smallest absolute Gasteiger partial charge is 0.263 e. The van der Waals surface area contributed by atoms with Crippen LogP contribution in [-0.2, 0) is 0 Å². The Morgan fingerprint density at radius 3 is 2.60 bits per heavy atom. The SMILES string of the molecule is CN=C(NCCNC(=O)c1scnc1C)N(C)CC1CCC(C)CC1. The van der Waals surface area contributed by atoms with E-state index in [0.717, 1.165) is 30.0 Å². The number of aliphatic imine (C=N–C) groups is 1. The van der Waals surface area contributed by atoms with E-state index in [-0.39, 0.29) is 5.91 Å². The van der Waals surface area contributed by atoms with Crippen LogP contribution in [0.1, 0.15) is 48.0 Å². The highest BCUT2D eigenvalue weighted by atomic mass is 32.1. The van der Waals surface area contributed by atoms with Gasteiger partial charge in [-0.15, -0.1) is 11.3 Å². The molecule has 1 aliphatic rings. The summed E-state index contributed by atoms with van der Waals surface area (Å²) >= 11 is 1.38. The van der Waals surface area contributed by atoms with Crippen molar-refractivity contribution in [3.8, 4) is 0 Å². The van der Waals surface area contributed by atoms with Crippen LogP contribution >= 0.6 is 11.3 Å². The second-order valence-electron chi connectivity index (χ2n) is 7.00. The molecular formula is C18H31N5OS. The third kappa shape index (κ3) is 5.99. The molecule has 6 nitrogen and oxygen atoms in total. The van der Waals surface area contributed by atoms with E-state index in [0.29, 0.717) is 18.0 Å². The largest absolute Gasteiger partial charge is 0.354 e. The Morgan fingerprint density at radius 1 is 1.32 bits per heavy atom. The van der Waals surface area contributed by atoms with E-state index in [1.54, 1.807) is 12.6 Å². The summed E-state index contributed by atoms with van der Waals surface area (Å²) in [7, 11) is 3.90. The number of carbonyl (C=O) groups is 1. The number of aryl methyl sites for hydroxylation is 1. The number of thiazole rings is 1. The maximum absolute atomic E-state index is 12.1. The Labute approximate surface area is 155 Å². The quantitative estimate of drug-likeness (QED) is 0.462. The highest BCUT2D eigenvalue weighted by Crippen LogP contribution is 2.28. The summed E-state index contributed by atoms with van der Waals surface area (Å²) in [5, 5.41) is 6.26. The molecular weight excluding hydrogens is 334 g/mol. The number of carbonyl (C=O) groups excluding carboxylic acids is 1. The molecule has 1 fully saturated rings. The van der Waals surface area contributed by atoms with E-state index >= 15 is 0 Å². The first-order valence-electron chi connectivity index (χ1n) is 9.11. The highest BCUT2D eigenvalue weighted by molar-refractivity contribution is 7.11. The Balaban J connectivity index is 1.69. The zero-order valence-electron chi connectivity index (χ0n) is 15.8. The van der Waals surface area contributed by atoms with Gasteiger partial charge in [0.2, 0.25) is 0 Å². The van der Waals surface area contributed by atoms with Gasteiger partial charge in [-0.1, -0.05) is 19.8 Å². The maximum atomic E-state index is 12.1. The van der Waals surface area contributed by atoms with E-state index in [2.05, 4.69) is 39.5 Å². The standard InChI is InChI=1S/C18H31N5OS/c1-13-5-7-15(8-6-13)11-23(4)18(19-3)21-10-9-20-17(24)16-14(2)22-12-25-16/h12-13,15H,5-11H2,1-4H3,(H,19,21)(H,20,24). The van der Waals surface area contributed by atoms with E-state index in [1.165, 1.54) is 37.0 Å². The molecule has 25 heavy (non-hydrogen) atoms. The number of guanidine groups is 1. The molecule has 0 radical (unpaired) electrons. The summed E-state index contributed by atoms with van der Waals surface area (Å²) in [6.07, 6.45) is 5.31. The molecule has 0 spiro atoms. The molecule has 1 aromatic rings. The van der Waals surface area contributed by atoms with Crippen molar-refractivity contribution >= 4 is 23.2 Å². The van der Waals surface area contributed by atoms with E-state index in [1.807, 2.05) is 6.92 Å². The molecule has 0 atom stereocenters. The van der Waals surface area contributed by atoms with Crippen molar-refractivity contribution in [2.24, 2.45) is 16.8 Å². The number of nitrogens with one attached hydrogen (secondary N) is 2. The minimum Gasteiger partial charge on any atom is -0.354 e. The van der Waals surface area contributed by atoms with Gasteiger partial charge in [-0.3, -0.25) is 9.79 Å². The zero-order chi connectivity index (χ0) is 18.2. The molecule has 0 saturated heterocycles. The van der Waals surface area contributed by atoms with Crippen molar-refractivity contribution in [3.05, 3.63) is 16.1 Å². The molecule has 0 bridgehead atoms. The van der Waals surface area contributed by atoms with E-state index in [4.69, 9.17) is 0 Å². The van der Waals surface area contributed by atoms with Crippen LogP contribution in [0.3, 0.4) is 0 Å². The van der Waals surface area contributed by atoms with Crippen molar-refractivity contribution in [2.75, 3.05) is 33.7 Å². The summed E-state index contributed by atoms with van der Waals surface area (Å²) in [6, 6.07) is 0. The molecule has 1 aliphatic carbocycles.